The number of nitrogens with one attached hydrogen (secondary N) is 1. The summed E-state index contributed by atoms with van der Waals surface area (Å²) in [7, 11) is 0. The monoisotopic (exact) mass is 371 g/mol. The lowest BCUT2D eigenvalue weighted by Gasteiger charge is -1.86. The molecule has 2 aromatic heterocycles. The second-order valence-electron chi connectivity index (χ2n) is 4.95. The summed E-state index contributed by atoms with van der Waals surface area (Å²) < 4.78 is 1.39. The number of aromatic amines is 1. The molecule has 0 bridgehead atoms. The van der Waals surface area contributed by atoms with Gasteiger partial charge in [0.2, 0.25) is 0 Å². The zero-order valence-corrected chi connectivity index (χ0v) is 18.5. The number of para-hydroxylation sites is 1. The van der Waals surface area contributed by atoms with Crippen molar-refractivity contribution >= 4 is 32.3 Å². The number of benzene rings is 2. The summed E-state index contributed by atoms with van der Waals surface area (Å²) in [6, 6.07) is 18.9. The first-order valence-corrected chi connectivity index (χ1v) is 10.6. The maximum atomic E-state index is 3.26. The second kappa shape index (κ2) is 14.1. The van der Waals surface area contributed by atoms with Crippen LogP contribution in [0.4, 0.5) is 0 Å². The zero-order chi connectivity index (χ0) is 19.9. The van der Waals surface area contributed by atoms with Gasteiger partial charge in [-0.3, -0.25) is 0 Å². The van der Waals surface area contributed by atoms with Crippen molar-refractivity contribution in [2.24, 2.45) is 0 Å². The molecular weight excluding hydrogens is 334 g/mol. The average molecular weight is 372 g/mol. The van der Waals surface area contributed by atoms with Crippen LogP contribution >= 0.6 is 11.3 Å². The Bertz CT molecular complexity index is 804. The van der Waals surface area contributed by atoms with Crippen molar-refractivity contribution in [3.63, 3.8) is 0 Å². The largest absolute Gasteiger partial charge is 0.359 e. The van der Waals surface area contributed by atoms with E-state index in [-0.39, 0.29) is 1.43 Å². The van der Waals surface area contributed by atoms with E-state index in [9.17, 15) is 0 Å². The minimum atomic E-state index is 0. The number of hydrogen-bond donors (Lipinski definition) is 1. The van der Waals surface area contributed by atoms with E-state index < -0.39 is 0 Å². The fourth-order valence-corrected chi connectivity index (χ4v) is 3.27. The Balaban J connectivity index is 0. The van der Waals surface area contributed by atoms with Crippen LogP contribution in [0, 0.1) is 13.8 Å². The van der Waals surface area contributed by atoms with E-state index in [0.717, 1.165) is 0 Å². The van der Waals surface area contributed by atoms with Gasteiger partial charge in [-0.05, 0) is 53.8 Å². The Labute approximate surface area is 165 Å². The SMILES string of the molecule is CC.CC.CC.Cc1cc2ccccc2[nH]1.Cc1csc2ccccc12.[HH]. The van der Waals surface area contributed by atoms with Crippen molar-refractivity contribution < 1.29 is 1.43 Å². The van der Waals surface area contributed by atoms with E-state index >= 15 is 0 Å². The van der Waals surface area contributed by atoms with Crippen LogP contribution in [0.1, 0.15) is 54.2 Å². The van der Waals surface area contributed by atoms with E-state index in [1.165, 1.54) is 32.2 Å². The van der Waals surface area contributed by atoms with E-state index in [0.29, 0.717) is 0 Å². The number of H-pyrrole nitrogens is 1. The average Bonchev–Trinajstić information content (AvgIpc) is 3.29. The van der Waals surface area contributed by atoms with Crippen LogP contribution in [0.3, 0.4) is 0 Å². The molecule has 4 aromatic rings. The number of thiophene rings is 1. The summed E-state index contributed by atoms with van der Waals surface area (Å²) in [6.07, 6.45) is 0. The normalized spacial score (nSPS) is 8.77. The highest BCUT2D eigenvalue weighted by atomic mass is 32.1. The highest BCUT2D eigenvalue weighted by Crippen LogP contribution is 2.24. The van der Waals surface area contributed by atoms with Crippen molar-refractivity contribution in [3.8, 4) is 0 Å². The topological polar surface area (TPSA) is 15.8 Å². The molecule has 0 radical (unpaired) electrons. The van der Waals surface area contributed by atoms with Gasteiger partial charge in [-0.1, -0.05) is 77.9 Å². The minimum absolute atomic E-state index is 0. The van der Waals surface area contributed by atoms with Gasteiger partial charge in [-0.25, -0.2) is 0 Å². The highest BCUT2D eigenvalue weighted by Gasteiger charge is 1.95. The van der Waals surface area contributed by atoms with Gasteiger partial charge in [0, 0.05) is 17.3 Å². The maximum absolute atomic E-state index is 3.26. The Kier molecular flexibility index (Phi) is 13.0. The Morgan fingerprint density at radius 2 is 1.35 bits per heavy atom. The molecule has 0 spiro atoms. The van der Waals surface area contributed by atoms with Crippen LogP contribution in [0.5, 0.6) is 0 Å². The van der Waals surface area contributed by atoms with Crippen molar-refractivity contribution in [2.75, 3.05) is 0 Å². The van der Waals surface area contributed by atoms with Crippen molar-refractivity contribution in [3.05, 3.63) is 71.2 Å². The molecule has 2 aromatic carbocycles. The molecular formula is C24H37NS. The molecule has 0 aliphatic carbocycles. The predicted molar refractivity (Wildman–Crippen MR) is 126 cm³/mol. The summed E-state index contributed by atoms with van der Waals surface area (Å²) in [4.78, 5) is 3.26. The lowest BCUT2D eigenvalue weighted by Crippen LogP contribution is -1.65. The number of fused-ring (bicyclic) bond motifs is 2. The van der Waals surface area contributed by atoms with Gasteiger partial charge in [0.05, 0.1) is 0 Å². The Morgan fingerprint density at radius 3 is 1.96 bits per heavy atom. The van der Waals surface area contributed by atoms with Crippen molar-refractivity contribution in [1.29, 1.82) is 0 Å². The predicted octanol–water partition coefficient (Wildman–Crippen LogP) is 9.01. The van der Waals surface area contributed by atoms with Gasteiger partial charge in [-0.2, -0.15) is 0 Å². The van der Waals surface area contributed by atoms with E-state index in [4.69, 9.17) is 0 Å². The first kappa shape index (κ1) is 23.9. The van der Waals surface area contributed by atoms with Crippen LogP contribution in [0.2, 0.25) is 0 Å². The Hall–Kier alpha value is -2.06. The molecule has 0 unspecified atom stereocenters. The molecule has 0 saturated heterocycles. The summed E-state index contributed by atoms with van der Waals surface area (Å²) >= 11 is 1.81. The van der Waals surface area contributed by atoms with E-state index in [2.05, 4.69) is 72.7 Å². The third kappa shape index (κ3) is 7.05. The maximum Gasteiger partial charge on any atom is 0.0455 e. The summed E-state index contributed by atoms with van der Waals surface area (Å²) in [5.41, 5.74) is 3.84. The molecule has 0 fully saturated rings. The summed E-state index contributed by atoms with van der Waals surface area (Å²) in [5.74, 6) is 0. The number of hydrogen-bond acceptors (Lipinski definition) is 1. The van der Waals surface area contributed by atoms with Gasteiger partial charge in [-0.15, -0.1) is 11.3 Å². The quantitative estimate of drug-likeness (QED) is 0.317. The van der Waals surface area contributed by atoms with Crippen LogP contribution in [-0.4, -0.2) is 4.98 Å². The molecule has 2 heteroatoms. The molecule has 0 aliphatic rings. The molecule has 4 rings (SSSR count). The fourth-order valence-electron chi connectivity index (χ4n) is 2.33. The van der Waals surface area contributed by atoms with Crippen LogP contribution < -0.4 is 0 Å². The van der Waals surface area contributed by atoms with Gasteiger partial charge >= 0.3 is 0 Å². The smallest absolute Gasteiger partial charge is 0.0455 e. The lowest BCUT2D eigenvalue weighted by atomic mass is 10.2. The number of aryl methyl sites for hydroxylation is 2. The Morgan fingerprint density at radius 1 is 0.769 bits per heavy atom. The van der Waals surface area contributed by atoms with Crippen molar-refractivity contribution in [1.82, 2.24) is 4.98 Å². The minimum Gasteiger partial charge on any atom is -0.359 e. The third-order valence-corrected chi connectivity index (χ3v) is 4.42. The van der Waals surface area contributed by atoms with Gasteiger partial charge in [0.1, 0.15) is 0 Å². The molecule has 0 atom stereocenters. The molecule has 2 heterocycles. The van der Waals surface area contributed by atoms with Crippen LogP contribution in [-0.2, 0) is 0 Å². The van der Waals surface area contributed by atoms with Gasteiger partial charge < -0.3 is 4.98 Å². The van der Waals surface area contributed by atoms with E-state index in [1.54, 1.807) is 0 Å². The van der Waals surface area contributed by atoms with Crippen LogP contribution in [0.25, 0.3) is 21.0 Å². The molecule has 26 heavy (non-hydrogen) atoms. The first-order valence-electron chi connectivity index (χ1n) is 9.71. The molecule has 1 nitrogen and oxygen atoms in total. The lowest BCUT2D eigenvalue weighted by molar-refractivity contribution is 1.30. The molecule has 0 amide bonds. The number of aromatic nitrogens is 1. The summed E-state index contributed by atoms with van der Waals surface area (Å²) in [5, 5.41) is 4.89. The fraction of sp³-hybridized carbons (Fsp3) is 0.333. The highest BCUT2D eigenvalue weighted by molar-refractivity contribution is 7.17. The molecule has 1 N–H and O–H groups in total. The first-order chi connectivity index (χ1) is 12.7. The third-order valence-electron chi connectivity index (χ3n) is 3.34. The second-order valence-corrected chi connectivity index (χ2v) is 5.87. The van der Waals surface area contributed by atoms with Gasteiger partial charge in [0.15, 0.2) is 0 Å². The standard InChI is InChI=1S/C9H9N.C9H8S.3C2H6.H2/c1-7-6-8-4-2-3-5-9(8)10-7;1-7-6-10-9-5-3-2-4-8(7)9;3*1-2;/h2-6,10H,1H3;2-6H,1H3;3*1-2H3;1H. The van der Waals surface area contributed by atoms with Crippen LogP contribution in [0.15, 0.2) is 60.0 Å². The van der Waals surface area contributed by atoms with E-state index in [1.807, 2.05) is 58.9 Å². The number of rotatable bonds is 0. The molecule has 144 valence electrons. The van der Waals surface area contributed by atoms with Gasteiger partial charge in [0.25, 0.3) is 0 Å². The molecule has 0 saturated carbocycles. The zero-order valence-electron chi connectivity index (χ0n) is 17.7. The summed E-state index contributed by atoms with van der Waals surface area (Å²) in [6.45, 7) is 16.2. The molecule has 0 aliphatic heterocycles. The van der Waals surface area contributed by atoms with Crippen molar-refractivity contribution in [2.45, 2.75) is 55.4 Å².